The highest BCUT2D eigenvalue weighted by molar-refractivity contribution is 5.16. The number of nitrogens with two attached hydrogens (primary N) is 2. The molecular weight excluding hydrogens is 244 g/mol. The Balaban J connectivity index is 1.71. The molecule has 0 aliphatic rings. The second-order valence-electron chi connectivity index (χ2n) is 5.48. The molecule has 0 saturated carbocycles. The maximum atomic E-state index is 6.19. The molecule has 0 unspecified atom stereocenters. The lowest BCUT2D eigenvalue weighted by molar-refractivity contribution is 0.514. The standard InChI is InChI=1S/C18H24N2/c19-17(13-15-7-3-1-4-8-15)11-12-18(20)14-16-9-5-2-6-10-16/h1-10,17-18H,11-14,19-20H2/t17-,18+. The number of hydrogen-bond acceptors (Lipinski definition) is 2. The average molecular weight is 268 g/mol. The molecule has 2 nitrogen and oxygen atoms in total. The van der Waals surface area contributed by atoms with Gasteiger partial charge in [-0.15, -0.1) is 0 Å². The van der Waals surface area contributed by atoms with Gasteiger partial charge in [0, 0.05) is 12.1 Å². The first-order valence-corrected chi connectivity index (χ1v) is 7.33. The van der Waals surface area contributed by atoms with Crippen LogP contribution in [-0.4, -0.2) is 12.1 Å². The van der Waals surface area contributed by atoms with E-state index in [1.165, 1.54) is 11.1 Å². The van der Waals surface area contributed by atoms with E-state index >= 15 is 0 Å². The molecule has 0 bridgehead atoms. The first kappa shape index (κ1) is 14.8. The minimum atomic E-state index is 0.194. The second kappa shape index (κ2) is 7.83. The van der Waals surface area contributed by atoms with Crippen LogP contribution in [-0.2, 0) is 12.8 Å². The van der Waals surface area contributed by atoms with Gasteiger partial charge in [-0.3, -0.25) is 0 Å². The fraction of sp³-hybridized carbons (Fsp3) is 0.333. The predicted octanol–water partition coefficient (Wildman–Crippen LogP) is 2.91. The van der Waals surface area contributed by atoms with Crippen LogP contribution < -0.4 is 11.5 Å². The Morgan fingerprint density at radius 1 is 0.600 bits per heavy atom. The molecular formula is C18H24N2. The first-order valence-electron chi connectivity index (χ1n) is 7.33. The van der Waals surface area contributed by atoms with Gasteiger partial charge in [-0.05, 0) is 36.8 Å². The summed E-state index contributed by atoms with van der Waals surface area (Å²) in [4.78, 5) is 0. The zero-order chi connectivity index (χ0) is 14.2. The van der Waals surface area contributed by atoms with Crippen LogP contribution >= 0.6 is 0 Å². The van der Waals surface area contributed by atoms with E-state index < -0.39 is 0 Å². The van der Waals surface area contributed by atoms with Crippen molar-refractivity contribution in [2.75, 3.05) is 0 Å². The Hall–Kier alpha value is -1.64. The third-order valence-corrected chi connectivity index (χ3v) is 3.59. The van der Waals surface area contributed by atoms with Crippen LogP contribution in [0.25, 0.3) is 0 Å². The third-order valence-electron chi connectivity index (χ3n) is 3.59. The van der Waals surface area contributed by atoms with Gasteiger partial charge < -0.3 is 11.5 Å². The van der Waals surface area contributed by atoms with Crippen LogP contribution in [0.15, 0.2) is 60.7 Å². The van der Waals surface area contributed by atoms with Gasteiger partial charge >= 0.3 is 0 Å². The molecule has 2 aromatic carbocycles. The molecule has 0 heterocycles. The normalized spacial score (nSPS) is 13.9. The van der Waals surface area contributed by atoms with Crippen molar-refractivity contribution in [3.8, 4) is 0 Å². The van der Waals surface area contributed by atoms with Crippen molar-refractivity contribution in [3.63, 3.8) is 0 Å². The van der Waals surface area contributed by atoms with E-state index in [0.29, 0.717) is 0 Å². The summed E-state index contributed by atoms with van der Waals surface area (Å²) in [5.41, 5.74) is 15.0. The second-order valence-corrected chi connectivity index (χ2v) is 5.48. The van der Waals surface area contributed by atoms with E-state index in [-0.39, 0.29) is 12.1 Å². The Kier molecular flexibility index (Phi) is 5.78. The zero-order valence-electron chi connectivity index (χ0n) is 11.9. The van der Waals surface area contributed by atoms with Crippen LogP contribution in [0.3, 0.4) is 0 Å². The minimum absolute atomic E-state index is 0.194. The fourth-order valence-electron chi connectivity index (χ4n) is 2.47. The lowest BCUT2D eigenvalue weighted by atomic mass is 9.97. The molecule has 4 N–H and O–H groups in total. The van der Waals surface area contributed by atoms with E-state index in [2.05, 4.69) is 48.5 Å². The van der Waals surface area contributed by atoms with Crippen molar-refractivity contribution in [1.82, 2.24) is 0 Å². The van der Waals surface area contributed by atoms with Crippen LogP contribution in [0.1, 0.15) is 24.0 Å². The van der Waals surface area contributed by atoms with Gasteiger partial charge in [-0.1, -0.05) is 60.7 Å². The van der Waals surface area contributed by atoms with Crippen molar-refractivity contribution in [3.05, 3.63) is 71.8 Å². The molecule has 0 amide bonds. The molecule has 106 valence electrons. The molecule has 0 spiro atoms. The summed E-state index contributed by atoms with van der Waals surface area (Å²) in [5, 5.41) is 0. The van der Waals surface area contributed by atoms with E-state index in [9.17, 15) is 0 Å². The van der Waals surface area contributed by atoms with E-state index in [1.54, 1.807) is 0 Å². The van der Waals surface area contributed by atoms with Crippen molar-refractivity contribution >= 4 is 0 Å². The summed E-state index contributed by atoms with van der Waals surface area (Å²) in [6.45, 7) is 0. The molecule has 0 aliphatic heterocycles. The van der Waals surface area contributed by atoms with E-state index in [0.717, 1.165) is 25.7 Å². The largest absolute Gasteiger partial charge is 0.327 e. The molecule has 2 atom stereocenters. The monoisotopic (exact) mass is 268 g/mol. The maximum absolute atomic E-state index is 6.19. The maximum Gasteiger partial charge on any atom is 0.00799 e. The topological polar surface area (TPSA) is 52.0 Å². The number of benzene rings is 2. The summed E-state index contributed by atoms with van der Waals surface area (Å²) >= 11 is 0. The number of rotatable bonds is 7. The lowest BCUT2D eigenvalue weighted by Gasteiger charge is -2.16. The Morgan fingerprint density at radius 2 is 0.950 bits per heavy atom. The first-order chi connectivity index (χ1) is 9.74. The van der Waals surface area contributed by atoms with Gasteiger partial charge in [0.1, 0.15) is 0 Å². The fourth-order valence-corrected chi connectivity index (χ4v) is 2.47. The highest BCUT2D eigenvalue weighted by atomic mass is 14.7. The van der Waals surface area contributed by atoms with Crippen molar-refractivity contribution in [2.24, 2.45) is 11.5 Å². The van der Waals surface area contributed by atoms with Crippen LogP contribution in [0.4, 0.5) is 0 Å². The van der Waals surface area contributed by atoms with E-state index in [4.69, 9.17) is 11.5 Å². The van der Waals surface area contributed by atoms with Crippen molar-refractivity contribution in [1.29, 1.82) is 0 Å². The highest BCUT2D eigenvalue weighted by Crippen LogP contribution is 2.10. The smallest absolute Gasteiger partial charge is 0.00799 e. The van der Waals surface area contributed by atoms with Crippen LogP contribution in [0.5, 0.6) is 0 Å². The Labute approximate surface area is 121 Å². The molecule has 2 aromatic rings. The third kappa shape index (κ3) is 5.16. The SMILES string of the molecule is N[C@H](CC[C@H](N)Cc1ccccc1)Cc1ccccc1. The van der Waals surface area contributed by atoms with Crippen molar-refractivity contribution in [2.45, 2.75) is 37.8 Å². The summed E-state index contributed by atoms with van der Waals surface area (Å²) in [6.07, 6.45) is 3.81. The summed E-state index contributed by atoms with van der Waals surface area (Å²) in [5.74, 6) is 0. The lowest BCUT2D eigenvalue weighted by Crippen LogP contribution is -2.29. The Bertz CT molecular complexity index is 434. The van der Waals surface area contributed by atoms with Gasteiger partial charge in [0.25, 0.3) is 0 Å². The van der Waals surface area contributed by atoms with E-state index in [1.807, 2.05) is 12.1 Å². The average Bonchev–Trinajstić information content (AvgIpc) is 2.47. The van der Waals surface area contributed by atoms with Gasteiger partial charge in [-0.2, -0.15) is 0 Å². The molecule has 0 aromatic heterocycles. The van der Waals surface area contributed by atoms with Gasteiger partial charge in [0.2, 0.25) is 0 Å². The van der Waals surface area contributed by atoms with Crippen LogP contribution in [0, 0.1) is 0 Å². The molecule has 2 rings (SSSR count). The highest BCUT2D eigenvalue weighted by Gasteiger charge is 2.08. The van der Waals surface area contributed by atoms with Gasteiger partial charge in [0.05, 0.1) is 0 Å². The molecule has 2 heteroatoms. The summed E-state index contributed by atoms with van der Waals surface area (Å²) in [7, 11) is 0. The zero-order valence-corrected chi connectivity index (χ0v) is 11.9. The summed E-state index contributed by atoms with van der Waals surface area (Å²) < 4.78 is 0. The van der Waals surface area contributed by atoms with Gasteiger partial charge in [-0.25, -0.2) is 0 Å². The molecule has 0 aliphatic carbocycles. The van der Waals surface area contributed by atoms with Crippen LogP contribution in [0.2, 0.25) is 0 Å². The summed E-state index contributed by atoms with van der Waals surface area (Å²) in [6, 6.07) is 21.2. The molecule has 20 heavy (non-hydrogen) atoms. The van der Waals surface area contributed by atoms with Gasteiger partial charge in [0.15, 0.2) is 0 Å². The minimum Gasteiger partial charge on any atom is -0.327 e. The molecule has 0 fully saturated rings. The van der Waals surface area contributed by atoms with Crippen molar-refractivity contribution < 1.29 is 0 Å². The number of hydrogen-bond donors (Lipinski definition) is 2. The predicted molar refractivity (Wildman–Crippen MR) is 85.5 cm³/mol. The molecule has 0 saturated heterocycles. The quantitative estimate of drug-likeness (QED) is 0.811. The Morgan fingerprint density at radius 3 is 1.30 bits per heavy atom. The molecule has 0 radical (unpaired) electrons.